The van der Waals surface area contributed by atoms with Crippen LogP contribution in [0.5, 0.6) is 0 Å². The normalized spacial score (nSPS) is 21.5. The maximum atomic E-state index is 12.1. The van der Waals surface area contributed by atoms with Crippen molar-refractivity contribution in [2.45, 2.75) is 51.6 Å². The lowest BCUT2D eigenvalue weighted by Gasteiger charge is -2.34. The molecule has 5 nitrogen and oxygen atoms in total. The number of esters is 1. The molecule has 2 atom stereocenters. The number of hydrogen-bond acceptors (Lipinski definition) is 4. The van der Waals surface area contributed by atoms with Gasteiger partial charge in [0.15, 0.2) is 0 Å². The molecule has 0 aromatic heterocycles. The molecule has 18 heavy (non-hydrogen) atoms. The average Bonchev–Trinajstić information content (AvgIpc) is 2.43. The summed E-state index contributed by atoms with van der Waals surface area (Å²) in [4.78, 5) is 25.4. The van der Waals surface area contributed by atoms with Gasteiger partial charge in [0.05, 0.1) is 13.7 Å². The van der Waals surface area contributed by atoms with Crippen LogP contribution in [0.25, 0.3) is 0 Å². The number of ether oxygens (including phenoxy) is 1. The van der Waals surface area contributed by atoms with Gasteiger partial charge in [-0.25, -0.2) is 4.79 Å². The first-order valence-electron chi connectivity index (χ1n) is 6.70. The number of carbonyl (C=O) groups excluding carboxylic acids is 2. The minimum Gasteiger partial charge on any atom is -0.467 e. The van der Waals surface area contributed by atoms with E-state index in [1.165, 1.54) is 7.11 Å². The van der Waals surface area contributed by atoms with Crippen molar-refractivity contribution in [3.8, 4) is 0 Å². The maximum Gasteiger partial charge on any atom is 0.328 e. The van der Waals surface area contributed by atoms with Crippen LogP contribution >= 0.6 is 0 Å². The van der Waals surface area contributed by atoms with Crippen molar-refractivity contribution < 1.29 is 14.3 Å². The van der Waals surface area contributed by atoms with Crippen molar-refractivity contribution in [1.29, 1.82) is 0 Å². The number of piperidine rings is 1. The molecule has 1 amide bonds. The molecular weight excluding hydrogens is 232 g/mol. The number of likely N-dealkylation sites (tertiary alicyclic amines) is 1. The fraction of sp³-hybridized carbons (Fsp3) is 0.846. The molecule has 0 saturated carbocycles. The average molecular weight is 256 g/mol. The molecule has 1 aliphatic heterocycles. The number of nitrogens with zero attached hydrogens (tertiary/aromatic N) is 1. The van der Waals surface area contributed by atoms with Crippen LogP contribution in [-0.2, 0) is 14.3 Å². The van der Waals surface area contributed by atoms with E-state index in [0.717, 1.165) is 19.3 Å². The van der Waals surface area contributed by atoms with Gasteiger partial charge >= 0.3 is 5.97 Å². The zero-order chi connectivity index (χ0) is 13.5. The lowest BCUT2D eigenvalue weighted by Crippen LogP contribution is -2.51. The van der Waals surface area contributed by atoms with Gasteiger partial charge < -0.3 is 15.0 Å². The maximum absolute atomic E-state index is 12.1. The van der Waals surface area contributed by atoms with Gasteiger partial charge in [0.1, 0.15) is 6.04 Å². The fourth-order valence-electron chi connectivity index (χ4n) is 2.12. The Bertz CT molecular complexity index is 294. The summed E-state index contributed by atoms with van der Waals surface area (Å²) in [6, 6.07) is -0.0784. The molecular formula is C13H24N2O3. The molecule has 2 unspecified atom stereocenters. The molecule has 104 valence electrons. The van der Waals surface area contributed by atoms with Crippen LogP contribution < -0.4 is 5.32 Å². The van der Waals surface area contributed by atoms with Crippen molar-refractivity contribution in [2.24, 2.45) is 0 Å². The predicted octanol–water partition coefficient (Wildman–Crippen LogP) is 0.929. The summed E-state index contributed by atoms with van der Waals surface area (Å²) in [6.07, 6.45) is 3.63. The molecule has 1 saturated heterocycles. The Morgan fingerprint density at radius 1 is 1.44 bits per heavy atom. The second-order valence-electron chi connectivity index (χ2n) is 4.81. The largest absolute Gasteiger partial charge is 0.467 e. The Morgan fingerprint density at radius 3 is 2.78 bits per heavy atom. The van der Waals surface area contributed by atoms with Gasteiger partial charge in [0, 0.05) is 12.6 Å². The van der Waals surface area contributed by atoms with Gasteiger partial charge in [-0.3, -0.25) is 4.79 Å². The summed E-state index contributed by atoms with van der Waals surface area (Å²) in [7, 11) is 1.37. The first-order valence-corrected chi connectivity index (χ1v) is 6.70. The van der Waals surface area contributed by atoms with E-state index < -0.39 is 6.04 Å². The molecule has 0 spiro atoms. The van der Waals surface area contributed by atoms with Gasteiger partial charge in [-0.1, -0.05) is 6.92 Å². The van der Waals surface area contributed by atoms with Gasteiger partial charge in [-0.2, -0.15) is 0 Å². The third-order valence-electron chi connectivity index (χ3n) is 3.51. The van der Waals surface area contributed by atoms with Crippen LogP contribution in [0.1, 0.15) is 39.5 Å². The Kier molecular flexibility index (Phi) is 6.12. The summed E-state index contributed by atoms with van der Waals surface area (Å²) in [6.45, 7) is 5.06. The lowest BCUT2D eigenvalue weighted by atomic mass is 10.0. The molecule has 1 aliphatic rings. The minimum absolute atomic E-state index is 0.00889. The van der Waals surface area contributed by atoms with E-state index >= 15 is 0 Å². The highest BCUT2D eigenvalue weighted by Crippen LogP contribution is 2.18. The Morgan fingerprint density at radius 2 is 2.17 bits per heavy atom. The predicted molar refractivity (Wildman–Crippen MR) is 69.1 cm³/mol. The van der Waals surface area contributed by atoms with Gasteiger partial charge in [0.25, 0.3) is 0 Å². The highest BCUT2D eigenvalue weighted by Gasteiger charge is 2.32. The van der Waals surface area contributed by atoms with Crippen LogP contribution in [0, 0.1) is 0 Å². The van der Waals surface area contributed by atoms with Crippen molar-refractivity contribution in [3.05, 3.63) is 0 Å². The van der Waals surface area contributed by atoms with Crippen LogP contribution in [0.3, 0.4) is 0 Å². The van der Waals surface area contributed by atoms with E-state index in [1.807, 2.05) is 6.92 Å². The van der Waals surface area contributed by atoms with Crippen molar-refractivity contribution in [1.82, 2.24) is 10.2 Å². The van der Waals surface area contributed by atoms with Crippen LogP contribution in [0.15, 0.2) is 0 Å². The molecule has 0 bridgehead atoms. The first kappa shape index (κ1) is 15.0. The zero-order valence-corrected chi connectivity index (χ0v) is 11.6. The summed E-state index contributed by atoms with van der Waals surface area (Å²) in [5, 5.41) is 3.16. The monoisotopic (exact) mass is 256 g/mol. The van der Waals surface area contributed by atoms with Crippen LogP contribution in [0.4, 0.5) is 0 Å². The standard InChI is InChI=1S/C13H24N2O3/c1-4-10(2)14-9-12(16)15-8-6-5-7-11(15)13(17)18-3/h10-11,14H,4-9H2,1-3H3. The topological polar surface area (TPSA) is 58.6 Å². The highest BCUT2D eigenvalue weighted by molar-refractivity contribution is 5.85. The van der Waals surface area contributed by atoms with Gasteiger partial charge in [-0.05, 0) is 32.6 Å². The second-order valence-corrected chi connectivity index (χ2v) is 4.81. The van der Waals surface area contributed by atoms with E-state index in [1.54, 1.807) is 4.90 Å². The first-order chi connectivity index (χ1) is 8.60. The lowest BCUT2D eigenvalue weighted by molar-refractivity contribution is -0.154. The number of hydrogen-bond donors (Lipinski definition) is 1. The van der Waals surface area contributed by atoms with Gasteiger partial charge in [0.2, 0.25) is 5.91 Å². The van der Waals surface area contributed by atoms with Crippen molar-refractivity contribution in [3.63, 3.8) is 0 Å². The highest BCUT2D eigenvalue weighted by atomic mass is 16.5. The quantitative estimate of drug-likeness (QED) is 0.743. The van der Waals surface area contributed by atoms with Crippen molar-refractivity contribution in [2.75, 3.05) is 20.2 Å². The van der Waals surface area contributed by atoms with E-state index in [9.17, 15) is 9.59 Å². The molecule has 0 aromatic rings. The fourth-order valence-corrected chi connectivity index (χ4v) is 2.12. The van der Waals surface area contributed by atoms with Gasteiger partial charge in [-0.15, -0.1) is 0 Å². The molecule has 1 heterocycles. The number of rotatable bonds is 5. The molecule has 1 N–H and O–H groups in total. The molecule has 1 fully saturated rings. The van der Waals surface area contributed by atoms with Crippen LogP contribution in [-0.4, -0.2) is 49.1 Å². The molecule has 0 aromatic carbocycles. The Hall–Kier alpha value is -1.10. The third kappa shape index (κ3) is 3.98. The summed E-state index contributed by atoms with van der Waals surface area (Å²) in [5.74, 6) is -0.308. The summed E-state index contributed by atoms with van der Waals surface area (Å²) < 4.78 is 4.76. The smallest absolute Gasteiger partial charge is 0.328 e. The minimum atomic E-state index is -0.394. The number of carbonyl (C=O) groups is 2. The molecule has 0 aliphatic carbocycles. The van der Waals surface area contributed by atoms with E-state index in [2.05, 4.69) is 12.2 Å². The SMILES string of the molecule is CCC(C)NCC(=O)N1CCCCC1C(=O)OC. The van der Waals surface area contributed by atoms with E-state index in [-0.39, 0.29) is 11.9 Å². The van der Waals surface area contributed by atoms with Crippen molar-refractivity contribution >= 4 is 11.9 Å². The van der Waals surface area contributed by atoms with E-state index in [4.69, 9.17) is 4.74 Å². The zero-order valence-electron chi connectivity index (χ0n) is 11.6. The summed E-state index contributed by atoms with van der Waals surface area (Å²) in [5.41, 5.74) is 0. The molecule has 0 radical (unpaired) electrons. The van der Waals surface area contributed by atoms with E-state index in [0.29, 0.717) is 25.6 Å². The number of nitrogens with one attached hydrogen (secondary N) is 1. The second kappa shape index (κ2) is 7.36. The number of amides is 1. The molecule has 5 heteroatoms. The number of methoxy groups -OCH3 is 1. The Balaban J connectivity index is 2.54. The third-order valence-corrected chi connectivity index (χ3v) is 3.51. The Labute approximate surface area is 109 Å². The van der Waals surface area contributed by atoms with Crippen LogP contribution in [0.2, 0.25) is 0 Å². The molecule has 1 rings (SSSR count). The summed E-state index contributed by atoms with van der Waals surface area (Å²) >= 11 is 0.